The van der Waals surface area contributed by atoms with E-state index < -0.39 is 0 Å². The Morgan fingerprint density at radius 1 is 1.25 bits per heavy atom. The largest absolute Gasteiger partial charge is 0.460 e. The van der Waals surface area contributed by atoms with Crippen LogP contribution < -0.4 is 5.43 Å². The maximum absolute atomic E-state index is 11.9. The second-order valence-electron chi connectivity index (χ2n) is 4.51. The van der Waals surface area contributed by atoms with Crippen LogP contribution in [0.1, 0.15) is 34.4 Å². The molecule has 5 heteroatoms. The molecule has 104 valence electrons. The third-order valence-electron chi connectivity index (χ3n) is 2.80. The van der Waals surface area contributed by atoms with Gasteiger partial charge in [-0.1, -0.05) is 15.9 Å². The Balaban J connectivity index is 2.10. The molecule has 1 heterocycles. The van der Waals surface area contributed by atoms with Gasteiger partial charge >= 0.3 is 0 Å². The molecule has 0 saturated carbocycles. The molecule has 0 fully saturated rings. The molecule has 0 spiro atoms. The number of aryl methyl sites for hydroxylation is 2. The van der Waals surface area contributed by atoms with Gasteiger partial charge < -0.3 is 4.42 Å². The van der Waals surface area contributed by atoms with E-state index in [0.29, 0.717) is 17.0 Å². The lowest BCUT2D eigenvalue weighted by Gasteiger charge is -2.02. The standard InChI is InChI=1S/C15H15BrN2O2/c1-9-8-10(2)20-14(9)11(3)17-18-15(19)12-4-6-13(16)7-5-12/h4-8H,1-3H3,(H,18,19)/b17-11-. The Kier molecular flexibility index (Phi) is 4.39. The fraction of sp³-hybridized carbons (Fsp3) is 0.200. The summed E-state index contributed by atoms with van der Waals surface area (Å²) in [5, 5.41) is 4.08. The first kappa shape index (κ1) is 14.5. The first-order chi connectivity index (χ1) is 9.47. The molecule has 1 aromatic heterocycles. The average Bonchev–Trinajstić information content (AvgIpc) is 2.75. The van der Waals surface area contributed by atoms with Crippen molar-refractivity contribution in [2.75, 3.05) is 0 Å². The van der Waals surface area contributed by atoms with Crippen molar-refractivity contribution in [3.8, 4) is 0 Å². The number of furan rings is 1. The summed E-state index contributed by atoms with van der Waals surface area (Å²) in [6.45, 7) is 5.62. The SMILES string of the molecule is C/C(=N/NC(=O)c1ccc(Br)cc1)c1oc(C)cc1C. The first-order valence-corrected chi connectivity index (χ1v) is 6.94. The van der Waals surface area contributed by atoms with Gasteiger partial charge in [0.15, 0.2) is 5.76 Å². The molecular formula is C15H15BrN2O2. The van der Waals surface area contributed by atoms with Crippen molar-refractivity contribution >= 4 is 27.5 Å². The number of carbonyl (C=O) groups excluding carboxylic acids is 1. The number of hydrogen-bond acceptors (Lipinski definition) is 3. The van der Waals surface area contributed by atoms with Gasteiger partial charge in [-0.15, -0.1) is 0 Å². The number of carbonyl (C=O) groups is 1. The smallest absolute Gasteiger partial charge is 0.271 e. The molecule has 1 aromatic carbocycles. The Morgan fingerprint density at radius 2 is 1.90 bits per heavy atom. The zero-order valence-electron chi connectivity index (χ0n) is 11.5. The second-order valence-corrected chi connectivity index (χ2v) is 5.43. The van der Waals surface area contributed by atoms with E-state index in [2.05, 4.69) is 26.5 Å². The molecular weight excluding hydrogens is 320 g/mol. The number of hydrazone groups is 1. The van der Waals surface area contributed by atoms with Crippen LogP contribution in [0, 0.1) is 13.8 Å². The first-order valence-electron chi connectivity index (χ1n) is 6.15. The predicted molar refractivity (Wildman–Crippen MR) is 82.0 cm³/mol. The van der Waals surface area contributed by atoms with Crippen molar-refractivity contribution in [1.82, 2.24) is 5.43 Å². The predicted octanol–water partition coefficient (Wildman–Crippen LogP) is 3.81. The number of amides is 1. The number of rotatable bonds is 3. The number of halogens is 1. The summed E-state index contributed by atoms with van der Waals surface area (Å²) in [4.78, 5) is 11.9. The van der Waals surface area contributed by atoms with Crippen LogP contribution >= 0.6 is 15.9 Å². The molecule has 0 bridgehead atoms. The van der Waals surface area contributed by atoms with Gasteiger partial charge in [0.05, 0.1) is 0 Å². The topological polar surface area (TPSA) is 54.6 Å². The van der Waals surface area contributed by atoms with Gasteiger partial charge in [-0.25, -0.2) is 5.43 Å². The Hall–Kier alpha value is -1.88. The number of nitrogens with one attached hydrogen (secondary N) is 1. The third kappa shape index (κ3) is 3.36. The average molecular weight is 335 g/mol. The summed E-state index contributed by atoms with van der Waals surface area (Å²) in [6.07, 6.45) is 0. The van der Waals surface area contributed by atoms with E-state index in [1.807, 2.05) is 32.0 Å². The van der Waals surface area contributed by atoms with E-state index >= 15 is 0 Å². The molecule has 2 aromatic rings. The maximum atomic E-state index is 11.9. The summed E-state index contributed by atoms with van der Waals surface area (Å²) in [5.74, 6) is 1.27. The Bertz CT molecular complexity index is 657. The van der Waals surface area contributed by atoms with Crippen molar-refractivity contribution in [2.24, 2.45) is 5.10 Å². The van der Waals surface area contributed by atoms with Crippen LogP contribution in [0.3, 0.4) is 0 Å². The van der Waals surface area contributed by atoms with Crippen molar-refractivity contribution in [1.29, 1.82) is 0 Å². The minimum Gasteiger partial charge on any atom is -0.460 e. The second kappa shape index (κ2) is 6.05. The lowest BCUT2D eigenvalue weighted by molar-refractivity contribution is 0.0955. The van der Waals surface area contributed by atoms with Gasteiger partial charge in [-0.05, 0) is 56.7 Å². The summed E-state index contributed by atoms with van der Waals surface area (Å²) in [5.41, 5.74) is 4.72. The highest BCUT2D eigenvalue weighted by Gasteiger charge is 2.09. The van der Waals surface area contributed by atoms with Gasteiger partial charge in [0.25, 0.3) is 5.91 Å². The summed E-state index contributed by atoms with van der Waals surface area (Å²) < 4.78 is 6.47. The van der Waals surface area contributed by atoms with Gasteiger partial charge in [0.1, 0.15) is 11.5 Å². The minimum atomic E-state index is -0.252. The highest BCUT2D eigenvalue weighted by molar-refractivity contribution is 9.10. The molecule has 20 heavy (non-hydrogen) atoms. The van der Waals surface area contributed by atoms with Crippen LogP contribution in [0.5, 0.6) is 0 Å². The maximum Gasteiger partial charge on any atom is 0.271 e. The Labute approximate surface area is 126 Å². The molecule has 0 unspecified atom stereocenters. The van der Waals surface area contributed by atoms with Crippen LogP contribution in [0.15, 0.2) is 44.3 Å². The van der Waals surface area contributed by atoms with E-state index in [0.717, 1.165) is 15.8 Å². The molecule has 0 atom stereocenters. The molecule has 0 aliphatic heterocycles. The normalized spacial score (nSPS) is 11.5. The van der Waals surface area contributed by atoms with E-state index in [1.54, 1.807) is 19.1 Å². The van der Waals surface area contributed by atoms with E-state index in [-0.39, 0.29) is 5.91 Å². The third-order valence-corrected chi connectivity index (χ3v) is 3.33. The van der Waals surface area contributed by atoms with Gasteiger partial charge in [-0.3, -0.25) is 4.79 Å². The van der Waals surface area contributed by atoms with Crippen LogP contribution in [-0.4, -0.2) is 11.6 Å². The molecule has 0 aliphatic carbocycles. The van der Waals surface area contributed by atoms with Gasteiger partial charge in [0.2, 0.25) is 0 Å². The highest BCUT2D eigenvalue weighted by atomic mass is 79.9. The summed E-state index contributed by atoms with van der Waals surface area (Å²) in [7, 11) is 0. The molecule has 0 radical (unpaired) electrons. The molecule has 0 saturated heterocycles. The van der Waals surface area contributed by atoms with Crippen LogP contribution in [0.25, 0.3) is 0 Å². The Morgan fingerprint density at radius 3 is 2.45 bits per heavy atom. The van der Waals surface area contributed by atoms with Crippen molar-refractivity contribution in [3.05, 3.63) is 57.5 Å². The fourth-order valence-corrected chi connectivity index (χ4v) is 2.12. The van der Waals surface area contributed by atoms with Crippen molar-refractivity contribution < 1.29 is 9.21 Å². The van der Waals surface area contributed by atoms with Gasteiger partial charge in [-0.2, -0.15) is 5.10 Å². The monoisotopic (exact) mass is 334 g/mol. The summed E-state index contributed by atoms with van der Waals surface area (Å²) >= 11 is 3.33. The van der Waals surface area contributed by atoms with E-state index in [1.165, 1.54) is 0 Å². The van der Waals surface area contributed by atoms with E-state index in [9.17, 15) is 4.79 Å². The molecule has 4 nitrogen and oxygen atoms in total. The highest BCUT2D eigenvalue weighted by Crippen LogP contribution is 2.14. The van der Waals surface area contributed by atoms with Crippen molar-refractivity contribution in [2.45, 2.75) is 20.8 Å². The molecule has 2 rings (SSSR count). The molecule has 1 N–H and O–H groups in total. The fourth-order valence-electron chi connectivity index (χ4n) is 1.85. The zero-order valence-corrected chi connectivity index (χ0v) is 13.1. The van der Waals surface area contributed by atoms with Crippen LogP contribution in [0.2, 0.25) is 0 Å². The zero-order chi connectivity index (χ0) is 14.7. The van der Waals surface area contributed by atoms with Crippen LogP contribution in [-0.2, 0) is 0 Å². The number of benzene rings is 1. The number of hydrogen-bond donors (Lipinski definition) is 1. The summed E-state index contributed by atoms with van der Waals surface area (Å²) in [6, 6.07) is 9.01. The minimum absolute atomic E-state index is 0.252. The van der Waals surface area contributed by atoms with Crippen molar-refractivity contribution in [3.63, 3.8) is 0 Å². The van der Waals surface area contributed by atoms with E-state index in [4.69, 9.17) is 4.42 Å². The molecule has 0 aliphatic rings. The van der Waals surface area contributed by atoms with Gasteiger partial charge in [0, 0.05) is 10.0 Å². The van der Waals surface area contributed by atoms with Crippen LogP contribution in [0.4, 0.5) is 0 Å². The molecule has 1 amide bonds. The lowest BCUT2D eigenvalue weighted by atomic mass is 10.2. The lowest BCUT2D eigenvalue weighted by Crippen LogP contribution is -2.19. The quantitative estimate of drug-likeness (QED) is 0.685. The number of nitrogens with zero attached hydrogens (tertiary/aromatic N) is 1.